The number of carbonyl (C=O) groups is 1. The van der Waals surface area contributed by atoms with Crippen LogP contribution >= 0.6 is 11.3 Å². The van der Waals surface area contributed by atoms with Gasteiger partial charge in [0.1, 0.15) is 11.5 Å². The number of fused-ring (bicyclic) bond motifs is 1. The summed E-state index contributed by atoms with van der Waals surface area (Å²) in [7, 11) is 1.60. The number of benzene rings is 2. The lowest BCUT2D eigenvalue weighted by Crippen LogP contribution is -2.20. The fourth-order valence-corrected chi connectivity index (χ4v) is 3.31. The Kier molecular flexibility index (Phi) is 4.76. The number of aromatic nitrogens is 2. The number of hydrogen-bond donors (Lipinski definition) is 1. The highest BCUT2D eigenvalue weighted by atomic mass is 32.1. The summed E-state index contributed by atoms with van der Waals surface area (Å²) in [6.45, 7) is -0.0641. The number of imidazole rings is 1. The van der Waals surface area contributed by atoms with E-state index in [0.29, 0.717) is 11.4 Å². The van der Waals surface area contributed by atoms with E-state index in [9.17, 15) is 4.79 Å². The molecule has 2 aromatic heterocycles. The highest BCUT2D eigenvalue weighted by Gasteiger charge is 2.07. The molecule has 2 heterocycles. The lowest BCUT2D eigenvalue weighted by Gasteiger charge is -2.08. The maximum atomic E-state index is 12.1. The molecule has 1 amide bonds. The van der Waals surface area contributed by atoms with Gasteiger partial charge in [-0.3, -0.25) is 9.20 Å². The van der Waals surface area contributed by atoms with Crippen molar-refractivity contribution < 1.29 is 14.3 Å². The second kappa shape index (κ2) is 7.51. The minimum Gasteiger partial charge on any atom is -0.497 e. The molecule has 7 heteroatoms. The number of carbonyl (C=O) groups excluding carboxylic acids is 1. The Labute approximate surface area is 160 Å². The molecule has 0 radical (unpaired) electrons. The number of hydrogen-bond acceptors (Lipinski definition) is 5. The summed E-state index contributed by atoms with van der Waals surface area (Å²) in [5.41, 5.74) is 2.61. The van der Waals surface area contributed by atoms with Gasteiger partial charge in [-0.2, -0.15) is 0 Å². The van der Waals surface area contributed by atoms with Crippen LogP contribution in [-0.4, -0.2) is 29.0 Å². The summed E-state index contributed by atoms with van der Waals surface area (Å²) in [4.78, 5) is 17.6. The van der Waals surface area contributed by atoms with Crippen molar-refractivity contribution in [2.45, 2.75) is 0 Å². The third kappa shape index (κ3) is 3.93. The van der Waals surface area contributed by atoms with E-state index in [4.69, 9.17) is 9.47 Å². The van der Waals surface area contributed by atoms with Gasteiger partial charge in [0.15, 0.2) is 11.6 Å². The van der Waals surface area contributed by atoms with Crippen LogP contribution in [0.1, 0.15) is 0 Å². The number of anilines is 1. The molecule has 136 valence electrons. The maximum absolute atomic E-state index is 12.1. The van der Waals surface area contributed by atoms with Gasteiger partial charge in [-0.15, -0.1) is 11.3 Å². The summed E-state index contributed by atoms with van der Waals surface area (Å²) in [5.74, 6) is 1.13. The van der Waals surface area contributed by atoms with Crippen molar-refractivity contribution in [1.29, 1.82) is 0 Å². The van der Waals surface area contributed by atoms with Crippen molar-refractivity contribution in [3.05, 3.63) is 66.3 Å². The van der Waals surface area contributed by atoms with Crippen molar-refractivity contribution in [3.63, 3.8) is 0 Å². The number of nitrogens with one attached hydrogen (secondary N) is 1. The first-order chi connectivity index (χ1) is 13.2. The van der Waals surface area contributed by atoms with Crippen LogP contribution in [0.2, 0.25) is 0 Å². The first-order valence-electron chi connectivity index (χ1n) is 8.30. The Morgan fingerprint density at radius 3 is 2.56 bits per heavy atom. The normalized spacial score (nSPS) is 10.7. The first kappa shape index (κ1) is 17.1. The minimum atomic E-state index is -0.221. The molecule has 0 saturated carbocycles. The average molecular weight is 379 g/mol. The van der Waals surface area contributed by atoms with Crippen LogP contribution in [-0.2, 0) is 4.79 Å². The predicted molar refractivity (Wildman–Crippen MR) is 106 cm³/mol. The monoisotopic (exact) mass is 379 g/mol. The molecule has 0 atom stereocenters. The maximum Gasteiger partial charge on any atom is 0.262 e. The standard InChI is InChI=1S/C20H17N3O3S/c1-25-16-6-8-17(9-7-16)26-13-19(24)21-15-4-2-14(3-5-15)18-12-23-10-11-27-20(23)22-18/h2-12H,13H2,1H3,(H,21,24). The first-order valence-corrected chi connectivity index (χ1v) is 9.18. The second-order valence-electron chi connectivity index (χ2n) is 5.81. The lowest BCUT2D eigenvalue weighted by molar-refractivity contribution is -0.118. The zero-order chi connectivity index (χ0) is 18.6. The average Bonchev–Trinajstić information content (AvgIpc) is 3.30. The van der Waals surface area contributed by atoms with Crippen molar-refractivity contribution in [1.82, 2.24) is 9.38 Å². The van der Waals surface area contributed by atoms with Gasteiger partial charge in [0, 0.05) is 29.0 Å². The highest BCUT2D eigenvalue weighted by Crippen LogP contribution is 2.23. The Hall–Kier alpha value is -3.32. The van der Waals surface area contributed by atoms with Crippen molar-refractivity contribution in [2.24, 2.45) is 0 Å². The molecule has 0 aliphatic rings. The number of ether oxygens (including phenoxy) is 2. The number of thiazole rings is 1. The van der Waals surface area contributed by atoms with Gasteiger partial charge in [-0.25, -0.2) is 4.98 Å². The molecule has 0 aliphatic heterocycles. The molecule has 6 nitrogen and oxygen atoms in total. The van der Waals surface area contributed by atoms with E-state index in [0.717, 1.165) is 22.0 Å². The third-order valence-electron chi connectivity index (χ3n) is 3.99. The fraction of sp³-hybridized carbons (Fsp3) is 0.100. The lowest BCUT2D eigenvalue weighted by atomic mass is 10.1. The van der Waals surface area contributed by atoms with Gasteiger partial charge in [0.2, 0.25) is 0 Å². The smallest absolute Gasteiger partial charge is 0.262 e. The van der Waals surface area contributed by atoms with Crippen molar-refractivity contribution in [2.75, 3.05) is 19.0 Å². The van der Waals surface area contributed by atoms with Crippen molar-refractivity contribution >= 4 is 27.9 Å². The van der Waals surface area contributed by atoms with Gasteiger partial charge in [0.05, 0.1) is 12.8 Å². The van der Waals surface area contributed by atoms with E-state index in [-0.39, 0.29) is 12.5 Å². The molecular formula is C20H17N3O3S. The third-order valence-corrected chi connectivity index (χ3v) is 4.76. The summed E-state index contributed by atoms with van der Waals surface area (Å²) in [6.07, 6.45) is 3.97. The van der Waals surface area contributed by atoms with Gasteiger partial charge >= 0.3 is 0 Å². The zero-order valence-corrected chi connectivity index (χ0v) is 15.4. The molecule has 0 spiro atoms. The van der Waals surface area contributed by atoms with Gasteiger partial charge < -0.3 is 14.8 Å². The van der Waals surface area contributed by atoms with E-state index in [1.807, 2.05) is 46.4 Å². The van der Waals surface area contributed by atoms with Crippen LogP contribution in [0.25, 0.3) is 16.2 Å². The van der Waals surface area contributed by atoms with Crippen LogP contribution in [0.4, 0.5) is 5.69 Å². The summed E-state index contributed by atoms with van der Waals surface area (Å²) < 4.78 is 12.6. The number of nitrogens with zero attached hydrogens (tertiary/aromatic N) is 2. The summed E-state index contributed by atoms with van der Waals surface area (Å²) >= 11 is 1.59. The number of methoxy groups -OCH3 is 1. The summed E-state index contributed by atoms with van der Waals surface area (Å²) in [5, 5.41) is 4.82. The summed E-state index contributed by atoms with van der Waals surface area (Å²) in [6, 6.07) is 14.7. The van der Waals surface area contributed by atoms with Crippen LogP contribution < -0.4 is 14.8 Å². The Bertz CT molecular complexity index is 1020. The van der Waals surface area contributed by atoms with E-state index in [2.05, 4.69) is 10.3 Å². The quantitative estimate of drug-likeness (QED) is 0.548. The van der Waals surface area contributed by atoms with Gasteiger partial charge in [0.25, 0.3) is 5.91 Å². The Morgan fingerprint density at radius 1 is 1.11 bits per heavy atom. The van der Waals surface area contributed by atoms with Gasteiger partial charge in [-0.1, -0.05) is 12.1 Å². The molecule has 4 aromatic rings. The molecule has 27 heavy (non-hydrogen) atoms. The SMILES string of the molecule is COc1ccc(OCC(=O)Nc2ccc(-c3cn4ccsc4n3)cc2)cc1. The van der Waals surface area contributed by atoms with E-state index in [1.165, 1.54) is 0 Å². The van der Waals surface area contributed by atoms with Crippen LogP contribution in [0.5, 0.6) is 11.5 Å². The topological polar surface area (TPSA) is 64.9 Å². The van der Waals surface area contributed by atoms with Gasteiger partial charge in [-0.05, 0) is 36.4 Å². The van der Waals surface area contributed by atoms with Crippen LogP contribution in [0.3, 0.4) is 0 Å². The zero-order valence-electron chi connectivity index (χ0n) is 14.6. The number of rotatable bonds is 6. The number of amides is 1. The molecule has 0 saturated heterocycles. The Balaban J connectivity index is 1.34. The molecular weight excluding hydrogens is 362 g/mol. The largest absolute Gasteiger partial charge is 0.497 e. The molecule has 0 bridgehead atoms. The van der Waals surface area contributed by atoms with E-state index < -0.39 is 0 Å². The minimum absolute atomic E-state index is 0.0641. The molecule has 0 fully saturated rings. The molecule has 2 aromatic carbocycles. The Morgan fingerprint density at radius 2 is 1.85 bits per heavy atom. The van der Waals surface area contributed by atoms with Crippen LogP contribution in [0.15, 0.2) is 66.3 Å². The van der Waals surface area contributed by atoms with Crippen molar-refractivity contribution in [3.8, 4) is 22.8 Å². The molecule has 0 aliphatic carbocycles. The molecule has 1 N–H and O–H groups in total. The highest BCUT2D eigenvalue weighted by molar-refractivity contribution is 7.15. The predicted octanol–water partition coefficient (Wildman–Crippen LogP) is 4.09. The molecule has 0 unspecified atom stereocenters. The van der Waals surface area contributed by atoms with Crippen LogP contribution in [0, 0.1) is 0 Å². The van der Waals surface area contributed by atoms with E-state index >= 15 is 0 Å². The molecule has 4 rings (SSSR count). The fourth-order valence-electron chi connectivity index (χ4n) is 2.61. The second-order valence-corrected chi connectivity index (χ2v) is 6.68. The van der Waals surface area contributed by atoms with E-state index in [1.54, 1.807) is 42.7 Å².